The van der Waals surface area contributed by atoms with Crippen LogP contribution in [0.1, 0.15) is 24.0 Å². The first-order valence-corrected chi connectivity index (χ1v) is 5.37. The van der Waals surface area contributed by atoms with Crippen molar-refractivity contribution in [3.63, 3.8) is 0 Å². The summed E-state index contributed by atoms with van der Waals surface area (Å²) in [7, 11) is 0. The van der Waals surface area contributed by atoms with Gasteiger partial charge in [0.15, 0.2) is 5.76 Å². The van der Waals surface area contributed by atoms with Gasteiger partial charge >= 0.3 is 0 Å². The van der Waals surface area contributed by atoms with Crippen molar-refractivity contribution in [2.75, 3.05) is 0 Å². The van der Waals surface area contributed by atoms with Crippen LogP contribution in [0.15, 0.2) is 30.8 Å². The molecule has 1 heterocycles. The van der Waals surface area contributed by atoms with Gasteiger partial charge in [-0.1, -0.05) is 36.4 Å². The van der Waals surface area contributed by atoms with E-state index >= 15 is 0 Å². The molecule has 0 aliphatic carbocycles. The van der Waals surface area contributed by atoms with Crippen LogP contribution in [0.2, 0.25) is 0 Å². The number of imide groups is 1. The largest absolute Gasteiger partial charge is 0.369 e. The highest BCUT2D eigenvalue weighted by atomic mass is 16.7. The Kier molecular flexibility index (Phi) is 2.95. The Morgan fingerprint density at radius 3 is 2.24 bits per heavy atom. The number of rotatable bonds is 3. The van der Waals surface area contributed by atoms with Gasteiger partial charge in [-0.15, -0.1) is 5.06 Å². The van der Waals surface area contributed by atoms with E-state index < -0.39 is 0 Å². The van der Waals surface area contributed by atoms with E-state index in [1.807, 2.05) is 31.2 Å². The smallest absolute Gasteiger partial charge is 0.263 e. The first kappa shape index (κ1) is 11.4. The third-order valence-electron chi connectivity index (χ3n) is 2.58. The molecule has 1 aliphatic rings. The van der Waals surface area contributed by atoms with E-state index in [2.05, 4.69) is 6.58 Å². The second-order valence-electron chi connectivity index (χ2n) is 3.96. The van der Waals surface area contributed by atoms with Crippen LogP contribution in [-0.4, -0.2) is 16.9 Å². The Balaban J connectivity index is 2.09. The molecule has 1 fully saturated rings. The van der Waals surface area contributed by atoms with Crippen molar-refractivity contribution in [1.82, 2.24) is 5.06 Å². The maximum absolute atomic E-state index is 11.3. The van der Waals surface area contributed by atoms with Crippen LogP contribution in [0.25, 0.3) is 5.76 Å². The van der Waals surface area contributed by atoms with Crippen molar-refractivity contribution in [3.8, 4) is 0 Å². The first-order valence-electron chi connectivity index (χ1n) is 5.37. The highest BCUT2D eigenvalue weighted by Gasteiger charge is 2.31. The average Bonchev–Trinajstić information content (AvgIpc) is 2.61. The first-order chi connectivity index (χ1) is 8.08. The van der Waals surface area contributed by atoms with Crippen LogP contribution in [0.4, 0.5) is 0 Å². The van der Waals surface area contributed by atoms with Crippen LogP contribution in [0.3, 0.4) is 0 Å². The molecule has 4 nitrogen and oxygen atoms in total. The van der Waals surface area contributed by atoms with E-state index in [1.165, 1.54) is 0 Å². The molecule has 0 spiro atoms. The summed E-state index contributed by atoms with van der Waals surface area (Å²) < 4.78 is 0. The lowest BCUT2D eigenvalue weighted by Crippen LogP contribution is -2.28. The zero-order valence-electron chi connectivity index (χ0n) is 9.60. The second kappa shape index (κ2) is 4.41. The molecule has 0 radical (unpaired) electrons. The van der Waals surface area contributed by atoms with Crippen LogP contribution in [0, 0.1) is 6.92 Å². The minimum absolute atomic E-state index is 0.208. The fraction of sp³-hybridized carbons (Fsp3) is 0.231. The van der Waals surface area contributed by atoms with Gasteiger partial charge in [-0.25, -0.2) is 0 Å². The molecule has 1 aromatic carbocycles. The summed E-state index contributed by atoms with van der Waals surface area (Å²) in [4.78, 5) is 27.9. The van der Waals surface area contributed by atoms with Crippen LogP contribution >= 0.6 is 0 Å². The van der Waals surface area contributed by atoms with Gasteiger partial charge in [0.2, 0.25) is 0 Å². The van der Waals surface area contributed by atoms with Crippen LogP contribution < -0.4 is 0 Å². The summed E-state index contributed by atoms with van der Waals surface area (Å²) in [6, 6.07) is 7.50. The lowest BCUT2D eigenvalue weighted by Gasteiger charge is -2.16. The summed E-state index contributed by atoms with van der Waals surface area (Å²) in [6.45, 7) is 5.69. The van der Waals surface area contributed by atoms with Crippen LogP contribution in [0.5, 0.6) is 0 Å². The lowest BCUT2D eigenvalue weighted by molar-refractivity contribution is -0.169. The Morgan fingerprint density at radius 2 is 1.71 bits per heavy atom. The van der Waals surface area contributed by atoms with Crippen molar-refractivity contribution in [2.24, 2.45) is 0 Å². The fourth-order valence-corrected chi connectivity index (χ4v) is 1.56. The molecule has 88 valence electrons. The van der Waals surface area contributed by atoms with Gasteiger partial charge < -0.3 is 4.84 Å². The molecule has 4 heteroatoms. The summed E-state index contributed by atoms with van der Waals surface area (Å²) in [6.07, 6.45) is 0.417. The van der Waals surface area contributed by atoms with E-state index in [0.29, 0.717) is 5.76 Å². The Morgan fingerprint density at radius 1 is 1.18 bits per heavy atom. The highest BCUT2D eigenvalue weighted by molar-refractivity contribution is 6.01. The van der Waals surface area contributed by atoms with E-state index in [4.69, 9.17) is 4.84 Å². The second-order valence-corrected chi connectivity index (χ2v) is 3.96. The van der Waals surface area contributed by atoms with Gasteiger partial charge in [-0.3, -0.25) is 9.59 Å². The molecule has 0 bridgehead atoms. The molecular weight excluding hydrogens is 218 g/mol. The monoisotopic (exact) mass is 231 g/mol. The molecule has 0 unspecified atom stereocenters. The maximum atomic E-state index is 11.3. The van der Waals surface area contributed by atoms with E-state index in [0.717, 1.165) is 16.2 Å². The van der Waals surface area contributed by atoms with Crippen molar-refractivity contribution in [2.45, 2.75) is 19.8 Å². The molecule has 0 aromatic heterocycles. The fourth-order valence-electron chi connectivity index (χ4n) is 1.56. The van der Waals surface area contributed by atoms with Gasteiger partial charge in [0, 0.05) is 18.4 Å². The summed E-state index contributed by atoms with van der Waals surface area (Å²) >= 11 is 0. The van der Waals surface area contributed by atoms with Gasteiger partial charge in [0.05, 0.1) is 0 Å². The molecule has 0 atom stereocenters. The molecule has 0 N–H and O–H groups in total. The Hall–Kier alpha value is -2.10. The molecule has 1 aromatic rings. The number of hydrogen-bond donors (Lipinski definition) is 0. The highest BCUT2D eigenvalue weighted by Crippen LogP contribution is 2.20. The zero-order chi connectivity index (χ0) is 12.4. The van der Waals surface area contributed by atoms with Crippen molar-refractivity contribution < 1.29 is 14.4 Å². The van der Waals surface area contributed by atoms with Crippen molar-refractivity contribution >= 4 is 17.6 Å². The number of hydroxylamine groups is 2. The zero-order valence-corrected chi connectivity index (χ0v) is 9.60. The third-order valence-corrected chi connectivity index (χ3v) is 2.58. The number of carbonyl (C=O) groups is 2. The summed E-state index contributed by atoms with van der Waals surface area (Å²) in [5.74, 6) is -0.333. The quantitative estimate of drug-likeness (QED) is 0.590. The summed E-state index contributed by atoms with van der Waals surface area (Å²) in [5, 5.41) is 0.794. The number of benzene rings is 1. The molecule has 1 saturated heterocycles. The molecule has 0 saturated carbocycles. The van der Waals surface area contributed by atoms with E-state index in [-0.39, 0.29) is 24.7 Å². The normalized spacial score (nSPS) is 15.2. The molecular formula is C13H13NO3. The summed E-state index contributed by atoms with van der Waals surface area (Å²) in [5.41, 5.74) is 1.87. The van der Waals surface area contributed by atoms with Gasteiger partial charge in [-0.2, -0.15) is 0 Å². The predicted molar refractivity (Wildman–Crippen MR) is 62.4 cm³/mol. The molecule has 2 rings (SSSR count). The predicted octanol–water partition coefficient (Wildman–Crippen LogP) is 2.05. The van der Waals surface area contributed by atoms with Crippen LogP contribution in [-0.2, 0) is 14.4 Å². The SMILES string of the molecule is C=C(ON1C(=O)CCC1=O)c1ccc(C)cc1. The van der Waals surface area contributed by atoms with Gasteiger partial charge in [0.1, 0.15) is 0 Å². The Labute approximate surface area is 99.4 Å². The third kappa shape index (κ3) is 2.36. The number of hydrogen-bond acceptors (Lipinski definition) is 3. The minimum atomic E-state index is -0.316. The molecule has 17 heavy (non-hydrogen) atoms. The Bertz CT molecular complexity index is 460. The van der Waals surface area contributed by atoms with Gasteiger partial charge in [-0.05, 0) is 6.92 Å². The lowest BCUT2D eigenvalue weighted by atomic mass is 10.1. The van der Waals surface area contributed by atoms with E-state index in [1.54, 1.807) is 0 Å². The van der Waals surface area contributed by atoms with Gasteiger partial charge in [0.25, 0.3) is 11.8 Å². The number of nitrogens with zero attached hydrogens (tertiary/aromatic N) is 1. The van der Waals surface area contributed by atoms with Crippen molar-refractivity contribution in [3.05, 3.63) is 42.0 Å². The maximum Gasteiger partial charge on any atom is 0.263 e. The minimum Gasteiger partial charge on any atom is -0.369 e. The molecule has 1 aliphatic heterocycles. The topological polar surface area (TPSA) is 46.6 Å². The standard InChI is InChI=1S/C13H13NO3/c1-9-3-5-11(6-4-9)10(2)17-14-12(15)7-8-13(14)16/h3-6H,2,7-8H2,1H3. The number of carbonyl (C=O) groups excluding carboxylic acids is 2. The number of amides is 2. The van der Waals surface area contributed by atoms with E-state index in [9.17, 15) is 9.59 Å². The molecule has 2 amide bonds. The average molecular weight is 231 g/mol. The van der Waals surface area contributed by atoms with Crippen molar-refractivity contribution in [1.29, 1.82) is 0 Å². The number of aryl methyl sites for hydroxylation is 1.